The minimum absolute atomic E-state index is 0.0478. The van der Waals surface area contributed by atoms with Crippen molar-refractivity contribution in [2.24, 2.45) is 0 Å². The van der Waals surface area contributed by atoms with Gasteiger partial charge in [-0.25, -0.2) is 0 Å². The summed E-state index contributed by atoms with van der Waals surface area (Å²) in [5.74, 6) is 0.0635. The maximum absolute atomic E-state index is 12.2. The number of anilines is 1. The largest absolute Gasteiger partial charge is 0.321 e. The third-order valence-corrected chi connectivity index (χ3v) is 3.67. The third-order valence-electron chi connectivity index (χ3n) is 3.67. The number of rotatable bonds is 7. The zero-order chi connectivity index (χ0) is 16.7. The summed E-state index contributed by atoms with van der Waals surface area (Å²) >= 11 is 0. The highest BCUT2D eigenvalue weighted by atomic mass is 16.2. The maximum Gasteiger partial charge on any atom is 0.279 e. The highest BCUT2D eigenvalue weighted by Gasteiger charge is 2.21. The first-order valence-corrected chi connectivity index (χ1v) is 7.71. The molecule has 4 nitrogen and oxygen atoms in total. The van der Waals surface area contributed by atoms with Crippen molar-refractivity contribution < 1.29 is 14.1 Å². The zero-order valence-electron chi connectivity index (χ0n) is 13.7. The number of Topliss-reactive ketones (excluding diaryl/α,β-unsaturated/α-hetero) is 1. The minimum Gasteiger partial charge on any atom is -0.321 e. The number of hydrogen-bond acceptors (Lipinski definition) is 2. The van der Waals surface area contributed by atoms with Gasteiger partial charge in [-0.1, -0.05) is 48.5 Å². The molecule has 120 valence electrons. The molecule has 0 unspecified atom stereocenters. The van der Waals surface area contributed by atoms with Gasteiger partial charge < -0.3 is 9.80 Å². The molecule has 2 aromatic rings. The Labute approximate surface area is 137 Å². The van der Waals surface area contributed by atoms with E-state index in [-0.39, 0.29) is 11.7 Å². The van der Waals surface area contributed by atoms with Gasteiger partial charge in [0, 0.05) is 11.3 Å². The van der Waals surface area contributed by atoms with Crippen LogP contribution in [0.2, 0.25) is 0 Å². The van der Waals surface area contributed by atoms with Gasteiger partial charge in [-0.15, -0.1) is 0 Å². The molecule has 0 bridgehead atoms. The van der Waals surface area contributed by atoms with E-state index in [0.717, 1.165) is 11.3 Å². The first kappa shape index (κ1) is 16.9. The molecule has 0 aliphatic heterocycles. The van der Waals surface area contributed by atoms with Crippen molar-refractivity contribution in [3.8, 4) is 0 Å². The molecule has 0 heterocycles. The van der Waals surface area contributed by atoms with E-state index >= 15 is 0 Å². The third kappa shape index (κ3) is 5.68. The molecule has 0 saturated carbocycles. The molecule has 1 N–H and O–H groups in total. The Morgan fingerprint density at radius 1 is 0.913 bits per heavy atom. The predicted molar refractivity (Wildman–Crippen MR) is 92.3 cm³/mol. The molecule has 0 spiro atoms. The number of para-hydroxylation sites is 1. The van der Waals surface area contributed by atoms with Gasteiger partial charge in [0.25, 0.3) is 5.91 Å². The molecule has 0 atom stereocenters. The fraction of sp³-hybridized carbons (Fsp3) is 0.263. The Bertz CT molecular complexity index is 652. The highest BCUT2D eigenvalue weighted by Crippen LogP contribution is 2.09. The first-order valence-electron chi connectivity index (χ1n) is 7.71. The number of amides is 1. The van der Waals surface area contributed by atoms with Crippen LogP contribution in [0.5, 0.6) is 0 Å². The van der Waals surface area contributed by atoms with Gasteiger partial charge in [0.15, 0.2) is 12.3 Å². The first-order chi connectivity index (χ1) is 11.0. The SMILES string of the molecule is C[N+](C)(CCC(=O)c1ccccc1)CC(=O)Nc1ccccc1. The molecule has 0 aromatic heterocycles. The lowest BCUT2D eigenvalue weighted by molar-refractivity contribution is -0.881. The second-order valence-electron chi connectivity index (χ2n) is 6.27. The van der Waals surface area contributed by atoms with E-state index in [1.165, 1.54) is 0 Å². The predicted octanol–water partition coefficient (Wildman–Crippen LogP) is 2.97. The van der Waals surface area contributed by atoms with E-state index in [2.05, 4.69) is 5.32 Å². The Kier molecular flexibility index (Phi) is 5.66. The lowest BCUT2D eigenvalue weighted by Crippen LogP contribution is -2.46. The molecule has 4 heteroatoms. The Morgan fingerprint density at radius 3 is 2.09 bits per heavy atom. The van der Waals surface area contributed by atoms with Crippen LogP contribution in [-0.2, 0) is 4.79 Å². The molecule has 0 aliphatic rings. The smallest absolute Gasteiger partial charge is 0.279 e. The normalized spacial score (nSPS) is 11.0. The van der Waals surface area contributed by atoms with Gasteiger partial charge in [-0.3, -0.25) is 9.59 Å². The average molecular weight is 311 g/mol. The summed E-state index contributed by atoms with van der Waals surface area (Å²) < 4.78 is 0.469. The number of benzene rings is 2. The van der Waals surface area contributed by atoms with Crippen molar-refractivity contribution >= 4 is 17.4 Å². The number of nitrogens with one attached hydrogen (secondary N) is 1. The van der Waals surface area contributed by atoms with Crippen LogP contribution in [0.1, 0.15) is 16.8 Å². The van der Waals surface area contributed by atoms with Gasteiger partial charge in [-0.05, 0) is 12.1 Å². The van der Waals surface area contributed by atoms with Crippen molar-refractivity contribution in [2.45, 2.75) is 6.42 Å². The highest BCUT2D eigenvalue weighted by molar-refractivity contribution is 5.96. The lowest BCUT2D eigenvalue weighted by atomic mass is 10.1. The summed E-state index contributed by atoms with van der Waals surface area (Å²) in [5.41, 5.74) is 1.51. The van der Waals surface area contributed by atoms with Gasteiger partial charge >= 0.3 is 0 Å². The Balaban J connectivity index is 1.84. The van der Waals surface area contributed by atoms with Crippen LogP contribution in [0.25, 0.3) is 0 Å². The zero-order valence-corrected chi connectivity index (χ0v) is 13.7. The van der Waals surface area contributed by atoms with E-state index in [1.807, 2.05) is 74.8 Å². The van der Waals surface area contributed by atoms with Gasteiger partial charge in [0.2, 0.25) is 0 Å². The number of likely N-dealkylation sites (N-methyl/N-ethyl adjacent to an activating group) is 1. The van der Waals surface area contributed by atoms with E-state index in [1.54, 1.807) is 0 Å². The van der Waals surface area contributed by atoms with Gasteiger partial charge in [0.1, 0.15) is 0 Å². The van der Waals surface area contributed by atoms with Crippen molar-refractivity contribution in [1.29, 1.82) is 0 Å². The number of quaternary nitrogens is 1. The van der Waals surface area contributed by atoms with Crippen LogP contribution < -0.4 is 5.32 Å². The molecule has 2 rings (SSSR count). The average Bonchev–Trinajstić information content (AvgIpc) is 2.54. The number of carbonyl (C=O) groups excluding carboxylic acids is 2. The van der Waals surface area contributed by atoms with Crippen molar-refractivity contribution in [2.75, 3.05) is 32.5 Å². The lowest BCUT2D eigenvalue weighted by Gasteiger charge is -2.28. The summed E-state index contributed by atoms with van der Waals surface area (Å²) in [7, 11) is 3.92. The molecule has 0 radical (unpaired) electrons. The van der Waals surface area contributed by atoms with Crippen LogP contribution in [0.4, 0.5) is 5.69 Å². The summed E-state index contributed by atoms with van der Waals surface area (Å²) in [4.78, 5) is 24.3. The Morgan fingerprint density at radius 2 is 1.48 bits per heavy atom. The monoisotopic (exact) mass is 311 g/mol. The van der Waals surface area contributed by atoms with Crippen LogP contribution >= 0.6 is 0 Å². The number of ketones is 1. The molecular formula is C19H23N2O2+. The summed E-state index contributed by atoms with van der Waals surface area (Å²) in [6, 6.07) is 18.7. The second-order valence-corrected chi connectivity index (χ2v) is 6.27. The van der Waals surface area contributed by atoms with Gasteiger partial charge in [-0.2, -0.15) is 0 Å². The van der Waals surface area contributed by atoms with Crippen molar-refractivity contribution in [3.05, 3.63) is 66.2 Å². The van der Waals surface area contributed by atoms with Crippen LogP contribution in [0, 0.1) is 0 Å². The fourth-order valence-electron chi connectivity index (χ4n) is 2.36. The van der Waals surface area contributed by atoms with E-state index in [9.17, 15) is 9.59 Å². The molecule has 2 aromatic carbocycles. The van der Waals surface area contributed by atoms with E-state index in [0.29, 0.717) is 24.0 Å². The Hall–Kier alpha value is -2.46. The second kappa shape index (κ2) is 7.70. The molecule has 0 fully saturated rings. The number of carbonyl (C=O) groups is 2. The quantitative estimate of drug-likeness (QED) is 0.631. The minimum atomic E-state index is -0.0478. The van der Waals surface area contributed by atoms with Crippen molar-refractivity contribution in [1.82, 2.24) is 0 Å². The summed E-state index contributed by atoms with van der Waals surface area (Å²) in [6.45, 7) is 0.951. The van der Waals surface area contributed by atoms with Crippen LogP contribution in [0.3, 0.4) is 0 Å². The standard InChI is InChI=1S/C19H22N2O2/c1-21(2,14-13-18(22)16-9-5-3-6-10-16)15-19(23)20-17-11-7-4-8-12-17/h3-12H,13-15H2,1-2H3/p+1. The summed E-state index contributed by atoms with van der Waals surface area (Å²) in [5, 5.41) is 2.88. The molecule has 0 aliphatic carbocycles. The molecule has 23 heavy (non-hydrogen) atoms. The van der Waals surface area contributed by atoms with Crippen molar-refractivity contribution in [3.63, 3.8) is 0 Å². The van der Waals surface area contributed by atoms with E-state index < -0.39 is 0 Å². The molecule has 0 saturated heterocycles. The topological polar surface area (TPSA) is 46.2 Å². The number of nitrogens with zero attached hydrogens (tertiary/aromatic N) is 1. The van der Waals surface area contributed by atoms with Gasteiger partial charge in [0.05, 0.1) is 27.1 Å². The maximum atomic E-state index is 12.2. The molecular weight excluding hydrogens is 288 g/mol. The van der Waals surface area contributed by atoms with E-state index in [4.69, 9.17) is 0 Å². The molecule has 1 amide bonds. The summed E-state index contributed by atoms with van der Waals surface area (Å²) in [6.07, 6.45) is 0.426. The fourth-order valence-corrected chi connectivity index (χ4v) is 2.36. The van der Waals surface area contributed by atoms with Crippen LogP contribution in [-0.4, -0.2) is 43.4 Å². The number of hydrogen-bond donors (Lipinski definition) is 1. The van der Waals surface area contributed by atoms with Crippen LogP contribution in [0.15, 0.2) is 60.7 Å².